The molecule has 11 atom stereocenters. The van der Waals surface area contributed by atoms with Gasteiger partial charge in [0.15, 0.2) is 0 Å². The minimum Gasteiger partial charge on any atom is -0.469 e. The third-order valence-corrected chi connectivity index (χ3v) is 13.3. The fraction of sp³-hybridized carbons (Fsp3) is 0.810. The lowest BCUT2D eigenvalue weighted by Gasteiger charge is -2.54. The molecule has 288 valence electrons. The number of esters is 1. The number of aliphatic hydroxyl groups is 2. The van der Waals surface area contributed by atoms with Gasteiger partial charge in [-0.15, -0.1) is 0 Å². The summed E-state index contributed by atoms with van der Waals surface area (Å²) in [5.41, 5.74) is -3.39. The summed E-state index contributed by atoms with van der Waals surface area (Å²) < 4.78 is 18.4. The first-order valence-corrected chi connectivity index (χ1v) is 19.4. The zero-order valence-corrected chi connectivity index (χ0v) is 33.0. The lowest BCUT2D eigenvalue weighted by atomic mass is 9.50. The smallest absolute Gasteiger partial charge is 0.313 e. The molecule has 2 aliphatic carbocycles. The van der Waals surface area contributed by atoms with Crippen LogP contribution >= 0.6 is 0 Å². The monoisotopic (exact) mass is 714 g/mol. The zero-order chi connectivity index (χ0) is 38.1. The van der Waals surface area contributed by atoms with Gasteiger partial charge in [0.25, 0.3) is 0 Å². The molecule has 1 saturated heterocycles. The Bertz CT molecular complexity index is 1370. The SMILES string of the molecule is COC(=O)C12CC(=O)C(C(C)C)CC(=O)C(C)CCCC(C)CC(=O)C1CC(C)(OC)C1=CCC(C)(O)C3CCC(C)(O)C(CCC(C)=CC12)O3. The molecule has 0 aromatic rings. The molecule has 0 spiro atoms. The Morgan fingerprint density at radius 2 is 1.59 bits per heavy atom. The van der Waals surface area contributed by atoms with Crippen LogP contribution in [0.5, 0.6) is 0 Å². The van der Waals surface area contributed by atoms with Gasteiger partial charge in [0, 0.05) is 50.0 Å². The van der Waals surface area contributed by atoms with E-state index in [-0.39, 0.29) is 67.2 Å². The molecule has 0 aromatic carbocycles. The molecule has 0 radical (unpaired) electrons. The second-order valence-electron chi connectivity index (χ2n) is 17.8. The minimum absolute atomic E-state index is 0.0128. The van der Waals surface area contributed by atoms with E-state index in [9.17, 15) is 29.4 Å². The first-order valence-electron chi connectivity index (χ1n) is 19.4. The predicted octanol–water partition coefficient (Wildman–Crippen LogP) is 6.90. The molecular formula is C42H66O9. The first-order chi connectivity index (χ1) is 23.7. The van der Waals surface area contributed by atoms with Crippen LogP contribution in [-0.4, -0.2) is 76.8 Å². The van der Waals surface area contributed by atoms with Crippen LogP contribution in [0.2, 0.25) is 0 Å². The second-order valence-corrected chi connectivity index (χ2v) is 17.8. The van der Waals surface area contributed by atoms with Crippen LogP contribution in [-0.2, 0) is 33.4 Å². The number of hydrogen-bond acceptors (Lipinski definition) is 9. The van der Waals surface area contributed by atoms with Gasteiger partial charge < -0.3 is 24.4 Å². The number of ether oxygens (including phenoxy) is 3. The maximum Gasteiger partial charge on any atom is 0.313 e. The molecule has 2 N–H and O–H groups in total. The van der Waals surface area contributed by atoms with Crippen LogP contribution in [0.3, 0.4) is 0 Å². The molecule has 11 unspecified atom stereocenters. The second kappa shape index (κ2) is 16.0. The fourth-order valence-corrected chi connectivity index (χ4v) is 9.55. The van der Waals surface area contributed by atoms with E-state index in [2.05, 4.69) is 0 Å². The summed E-state index contributed by atoms with van der Waals surface area (Å²) in [5, 5.41) is 23.2. The lowest BCUT2D eigenvalue weighted by Crippen LogP contribution is -2.59. The zero-order valence-electron chi connectivity index (χ0n) is 33.0. The van der Waals surface area contributed by atoms with E-state index in [4.69, 9.17) is 14.2 Å². The van der Waals surface area contributed by atoms with Gasteiger partial charge in [-0.25, -0.2) is 0 Å². The molecule has 4 aliphatic rings. The van der Waals surface area contributed by atoms with Crippen molar-refractivity contribution in [3.63, 3.8) is 0 Å². The van der Waals surface area contributed by atoms with E-state index in [1.807, 2.05) is 53.7 Å². The normalized spacial score (nSPS) is 42.3. The Morgan fingerprint density at radius 1 is 0.922 bits per heavy atom. The summed E-state index contributed by atoms with van der Waals surface area (Å²) in [6.45, 7) is 15.2. The highest BCUT2D eigenvalue weighted by molar-refractivity contribution is 5.97. The fourth-order valence-electron chi connectivity index (χ4n) is 9.55. The predicted molar refractivity (Wildman–Crippen MR) is 196 cm³/mol. The van der Waals surface area contributed by atoms with Crippen LogP contribution in [0.15, 0.2) is 23.3 Å². The summed E-state index contributed by atoms with van der Waals surface area (Å²) in [6, 6.07) is 0. The highest BCUT2D eigenvalue weighted by Crippen LogP contribution is 2.58. The van der Waals surface area contributed by atoms with Gasteiger partial charge in [0.1, 0.15) is 17.3 Å². The summed E-state index contributed by atoms with van der Waals surface area (Å²) in [7, 11) is 2.92. The Morgan fingerprint density at radius 3 is 2.22 bits per heavy atom. The molecule has 2 bridgehead atoms. The quantitative estimate of drug-likeness (QED) is 0.236. The Balaban J connectivity index is 2.01. The molecule has 2 saturated carbocycles. The van der Waals surface area contributed by atoms with Crippen molar-refractivity contribution in [1.29, 1.82) is 0 Å². The largest absolute Gasteiger partial charge is 0.469 e. The van der Waals surface area contributed by atoms with Gasteiger partial charge in [-0.2, -0.15) is 0 Å². The van der Waals surface area contributed by atoms with Crippen LogP contribution in [0.4, 0.5) is 0 Å². The van der Waals surface area contributed by atoms with Gasteiger partial charge in [-0.3, -0.25) is 19.2 Å². The molecule has 2 aliphatic heterocycles. The van der Waals surface area contributed by atoms with E-state index >= 15 is 0 Å². The molecule has 3 fully saturated rings. The van der Waals surface area contributed by atoms with Gasteiger partial charge >= 0.3 is 5.97 Å². The van der Waals surface area contributed by atoms with Crippen LogP contribution < -0.4 is 0 Å². The summed E-state index contributed by atoms with van der Waals surface area (Å²) in [4.78, 5) is 57.8. The highest BCUT2D eigenvalue weighted by atomic mass is 16.5. The Hall–Kier alpha value is -2.20. The van der Waals surface area contributed by atoms with Gasteiger partial charge in [-0.05, 0) is 90.0 Å². The number of rotatable bonds is 3. The number of Topliss-reactive ketones (excluding diaryl/α,β-unsaturated/α-hetero) is 3. The van der Waals surface area contributed by atoms with Crippen LogP contribution in [0, 0.1) is 40.9 Å². The Kier molecular flexibility index (Phi) is 13.1. The molecule has 4 rings (SSSR count). The molecule has 9 heteroatoms. The van der Waals surface area contributed by atoms with E-state index in [1.165, 1.54) is 7.11 Å². The van der Waals surface area contributed by atoms with Crippen molar-refractivity contribution in [2.75, 3.05) is 14.2 Å². The minimum atomic E-state index is -1.62. The van der Waals surface area contributed by atoms with Gasteiger partial charge in [-0.1, -0.05) is 58.3 Å². The molecule has 2 heterocycles. The molecule has 51 heavy (non-hydrogen) atoms. The maximum absolute atomic E-state index is 14.8. The van der Waals surface area contributed by atoms with Crippen molar-refractivity contribution in [2.24, 2.45) is 40.9 Å². The summed E-state index contributed by atoms with van der Waals surface area (Å²) >= 11 is 0. The molecular weight excluding hydrogens is 648 g/mol. The maximum atomic E-state index is 14.8. The summed E-state index contributed by atoms with van der Waals surface area (Å²) in [6.07, 6.45) is 7.48. The van der Waals surface area contributed by atoms with Crippen molar-refractivity contribution in [2.45, 2.75) is 161 Å². The number of fused-ring (bicyclic) bond motifs is 5. The van der Waals surface area contributed by atoms with E-state index in [1.54, 1.807) is 21.0 Å². The number of carbonyl (C=O) groups is 4. The summed E-state index contributed by atoms with van der Waals surface area (Å²) in [5.74, 6) is -3.56. The topological polar surface area (TPSA) is 136 Å². The van der Waals surface area contributed by atoms with Crippen LogP contribution in [0.1, 0.15) is 132 Å². The molecule has 0 amide bonds. The van der Waals surface area contributed by atoms with Gasteiger partial charge in [0.2, 0.25) is 0 Å². The average molecular weight is 715 g/mol. The first kappa shape index (κ1) is 41.6. The molecule has 9 nitrogen and oxygen atoms in total. The van der Waals surface area contributed by atoms with Crippen molar-refractivity contribution in [1.82, 2.24) is 0 Å². The van der Waals surface area contributed by atoms with E-state index < -0.39 is 58.1 Å². The average Bonchev–Trinajstić information content (AvgIpc) is 3.05. The third-order valence-electron chi connectivity index (χ3n) is 13.3. The standard InChI is InChI=1S/C42H66O9/c1-25(2)29-22-33(43)28(5)13-11-12-26(3)21-34(44)32-23-41(8,50-10)30-16-18-39(6,47)37-17-19-40(7,48)36(51-37)15-14-27(4)20-31(30)42(32,24-35(29)45)38(46)49-9/h16,20,25-26,28-29,31-32,36-37,47-48H,11-15,17-19,21-24H2,1-10H3. The third kappa shape index (κ3) is 8.63. The highest BCUT2D eigenvalue weighted by Gasteiger charge is 2.63. The Labute approximate surface area is 306 Å². The number of allylic oxidation sites excluding steroid dienone is 2. The molecule has 0 aromatic heterocycles. The van der Waals surface area contributed by atoms with E-state index in [0.717, 1.165) is 18.4 Å². The van der Waals surface area contributed by atoms with Crippen molar-refractivity contribution in [3.8, 4) is 0 Å². The van der Waals surface area contributed by atoms with E-state index in [0.29, 0.717) is 37.7 Å². The van der Waals surface area contributed by atoms with Crippen molar-refractivity contribution < 1.29 is 43.6 Å². The number of ketones is 3. The number of hydrogen-bond donors (Lipinski definition) is 2. The number of methoxy groups -OCH3 is 2. The van der Waals surface area contributed by atoms with Crippen LogP contribution in [0.25, 0.3) is 0 Å². The number of carbonyl (C=O) groups excluding carboxylic acids is 4. The van der Waals surface area contributed by atoms with Gasteiger partial charge in [0.05, 0.1) is 41.5 Å². The van der Waals surface area contributed by atoms with Crippen molar-refractivity contribution in [3.05, 3.63) is 23.3 Å². The van der Waals surface area contributed by atoms with Crippen molar-refractivity contribution >= 4 is 23.3 Å². The lowest BCUT2D eigenvalue weighted by molar-refractivity contribution is -0.214.